The smallest absolute Gasteiger partial charge is 0.251 e. The Morgan fingerprint density at radius 2 is 1.68 bits per heavy atom. The maximum Gasteiger partial charge on any atom is 0.251 e. The lowest BCUT2D eigenvalue weighted by Crippen LogP contribution is -2.29. The van der Waals surface area contributed by atoms with Gasteiger partial charge in [-0.05, 0) is 71.8 Å². The molecule has 1 aliphatic heterocycles. The van der Waals surface area contributed by atoms with E-state index < -0.39 is 0 Å². The first kappa shape index (κ1) is 23.9. The second kappa shape index (κ2) is 11.8. The molecule has 0 unspecified atom stereocenters. The molecule has 2 N–H and O–H groups in total. The quantitative estimate of drug-likeness (QED) is 0.455. The zero-order valence-corrected chi connectivity index (χ0v) is 20.1. The zero-order chi connectivity index (χ0) is 23.8. The van der Waals surface area contributed by atoms with E-state index in [0.717, 1.165) is 12.1 Å². The molecule has 0 radical (unpaired) electrons. The Labute approximate surface area is 203 Å². The average Bonchev–Trinajstić information content (AvgIpc) is 3.28. The Bertz CT molecular complexity index is 1090. The van der Waals surface area contributed by atoms with Crippen LogP contribution in [-0.2, 0) is 24.9 Å². The summed E-state index contributed by atoms with van der Waals surface area (Å²) in [6.45, 7) is 3.82. The Kier molecular flexibility index (Phi) is 8.26. The van der Waals surface area contributed by atoms with Gasteiger partial charge in [0.1, 0.15) is 0 Å². The number of likely N-dealkylation sites (tertiary alicyclic amines) is 1. The highest BCUT2D eigenvalue weighted by atomic mass is 32.2. The van der Waals surface area contributed by atoms with Crippen molar-refractivity contribution in [3.63, 3.8) is 0 Å². The van der Waals surface area contributed by atoms with Crippen molar-refractivity contribution < 1.29 is 9.59 Å². The van der Waals surface area contributed by atoms with Crippen LogP contribution in [0.15, 0.2) is 53.7 Å². The van der Waals surface area contributed by atoms with Gasteiger partial charge >= 0.3 is 0 Å². The van der Waals surface area contributed by atoms with Crippen LogP contribution in [0.25, 0.3) is 0 Å². The van der Waals surface area contributed by atoms with Gasteiger partial charge in [0.2, 0.25) is 11.1 Å². The summed E-state index contributed by atoms with van der Waals surface area (Å²) in [5.41, 5.74) is 3.54. The number of thioether (sulfide) groups is 1. The lowest BCUT2D eigenvalue weighted by atomic mass is 10.1. The lowest BCUT2D eigenvalue weighted by Gasteiger charge is -2.26. The van der Waals surface area contributed by atoms with Crippen molar-refractivity contribution in [1.82, 2.24) is 30.4 Å². The van der Waals surface area contributed by atoms with Crippen molar-refractivity contribution in [2.24, 2.45) is 7.05 Å². The van der Waals surface area contributed by atoms with Crippen LogP contribution < -0.4 is 10.6 Å². The Hall–Kier alpha value is -3.24. The Morgan fingerprint density at radius 1 is 0.971 bits per heavy atom. The molecule has 34 heavy (non-hydrogen) atoms. The van der Waals surface area contributed by atoms with Crippen LogP contribution in [-0.4, -0.2) is 55.8 Å². The third kappa shape index (κ3) is 6.88. The van der Waals surface area contributed by atoms with Gasteiger partial charge in [0.15, 0.2) is 0 Å². The Balaban J connectivity index is 1.21. The molecule has 0 bridgehead atoms. The normalized spacial score (nSPS) is 14.0. The molecule has 2 amide bonds. The number of anilines is 1. The molecular formula is C24H29N7O2S. The van der Waals surface area contributed by atoms with Crippen molar-refractivity contribution >= 4 is 29.3 Å². The summed E-state index contributed by atoms with van der Waals surface area (Å²) in [6, 6.07) is 15.3. The molecule has 0 spiro atoms. The summed E-state index contributed by atoms with van der Waals surface area (Å²) in [6.07, 6.45) is 3.92. The van der Waals surface area contributed by atoms with Crippen molar-refractivity contribution in [2.45, 2.75) is 37.5 Å². The SMILES string of the molecule is Cn1nnnc1SCC(=O)Nc1ccc(C(=O)NCc2ccc(CN3CCCCC3)cc2)cc1. The Morgan fingerprint density at radius 3 is 2.35 bits per heavy atom. The third-order valence-corrected chi connectivity index (χ3v) is 6.69. The molecule has 9 nitrogen and oxygen atoms in total. The van der Waals surface area contributed by atoms with E-state index in [-0.39, 0.29) is 17.6 Å². The molecule has 1 saturated heterocycles. The van der Waals surface area contributed by atoms with E-state index in [1.165, 1.54) is 54.4 Å². The predicted molar refractivity (Wildman–Crippen MR) is 131 cm³/mol. The highest BCUT2D eigenvalue weighted by molar-refractivity contribution is 7.99. The standard InChI is InChI=1S/C24H29N7O2S/c1-30-24(27-28-29-30)34-17-22(32)26-21-11-9-20(10-12-21)23(33)25-15-18-5-7-19(8-6-18)16-31-13-3-2-4-14-31/h5-12H,2-4,13-17H2,1H3,(H,25,33)(H,26,32). The molecule has 1 aliphatic rings. The molecule has 1 aromatic heterocycles. The third-order valence-electron chi connectivity index (χ3n) is 5.68. The predicted octanol–water partition coefficient (Wildman–Crippen LogP) is 2.86. The van der Waals surface area contributed by atoms with E-state index >= 15 is 0 Å². The molecule has 2 heterocycles. The van der Waals surface area contributed by atoms with Crippen LogP contribution in [0.4, 0.5) is 5.69 Å². The molecule has 10 heteroatoms. The summed E-state index contributed by atoms with van der Waals surface area (Å²) in [5.74, 6) is -0.137. The van der Waals surface area contributed by atoms with Gasteiger partial charge in [0.05, 0.1) is 5.75 Å². The van der Waals surface area contributed by atoms with Gasteiger partial charge in [0.25, 0.3) is 5.91 Å². The minimum Gasteiger partial charge on any atom is -0.348 e. The molecule has 4 rings (SSSR count). The minimum absolute atomic E-state index is 0.152. The largest absolute Gasteiger partial charge is 0.348 e. The first-order valence-electron chi connectivity index (χ1n) is 11.4. The van der Waals surface area contributed by atoms with E-state index in [9.17, 15) is 9.59 Å². The number of aryl methyl sites for hydroxylation is 1. The van der Waals surface area contributed by atoms with Gasteiger partial charge in [0, 0.05) is 31.4 Å². The first-order chi connectivity index (χ1) is 16.6. The van der Waals surface area contributed by atoms with Crippen molar-refractivity contribution in [1.29, 1.82) is 0 Å². The maximum atomic E-state index is 12.5. The van der Waals surface area contributed by atoms with Crippen molar-refractivity contribution in [3.05, 3.63) is 65.2 Å². The molecule has 0 aliphatic carbocycles. The molecular weight excluding hydrogens is 450 g/mol. The number of piperidine rings is 1. The van der Waals surface area contributed by atoms with Gasteiger partial charge in [-0.25, -0.2) is 4.68 Å². The topological polar surface area (TPSA) is 105 Å². The number of nitrogens with zero attached hydrogens (tertiary/aromatic N) is 5. The fourth-order valence-electron chi connectivity index (χ4n) is 3.80. The monoisotopic (exact) mass is 479 g/mol. The lowest BCUT2D eigenvalue weighted by molar-refractivity contribution is -0.113. The van der Waals surface area contributed by atoms with Crippen LogP contribution in [0.1, 0.15) is 40.7 Å². The second-order valence-electron chi connectivity index (χ2n) is 8.34. The van der Waals surface area contributed by atoms with E-state index in [1.54, 1.807) is 31.3 Å². The summed E-state index contributed by atoms with van der Waals surface area (Å²) >= 11 is 1.25. The number of hydrogen-bond donors (Lipinski definition) is 2. The van der Waals surface area contributed by atoms with E-state index in [0.29, 0.717) is 23.0 Å². The van der Waals surface area contributed by atoms with E-state index in [2.05, 4.69) is 55.3 Å². The minimum atomic E-state index is -0.172. The van der Waals surface area contributed by atoms with Crippen LogP contribution in [0.5, 0.6) is 0 Å². The summed E-state index contributed by atoms with van der Waals surface area (Å²) in [7, 11) is 1.72. The molecule has 178 valence electrons. The number of benzene rings is 2. The summed E-state index contributed by atoms with van der Waals surface area (Å²) in [4.78, 5) is 27.2. The van der Waals surface area contributed by atoms with Gasteiger partial charge in [-0.1, -0.05) is 42.4 Å². The molecule has 3 aromatic rings. The summed E-state index contributed by atoms with van der Waals surface area (Å²) < 4.78 is 1.51. The van der Waals surface area contributed by atoms with Crippen LogP contribution in [0.2, 0.25) is 0 Å². The van der Waals surface area contributed by atoms with Gasteiger partial charge in [-0.15, -0.1) is 5.10 Å². The van der Waals surface area contributed by atoms with Crippen LogP contribution >= 0.6 is 11.8 Å². The molecule has 0 atom stereocenters. The number of nitrogens with one attached hydrogen (secondary N) is 2. The number of aromatic nitrogens is 4. The van der Waals surface area contributed by atoms with Crippen LogP contribution in [0.3, 0.4) is 0 Å². The van der Waals surface area contributed by atoms with Crippen molar-refractivity contribution in [3.8, 4) is 0 Å². The fourth-order valence-corrected chi connectivity index (χ4v) is 4.45. The average molecular weight is 480 g/mol. The maximum absolute atomic E-state index is 12.5. The van der Waals surface area contributed by atoms with Gasteiger partial charge < -0.3 is 10.6 Å². The zero-order valence-electron chi connectivity index (χ0n) is 19.2. The van der Waals surface area contributed by atoms with E-state index in [1.807, 2.05) is 0 Å². The molecule has 1 fully saturated rings. The molecule has 2 aromatic carbocycles. The van der Waals surface area contributed by atoms with E-state index in [4.69, 9.17) is 0 Å². The number of rotatable bonds is 9. The molecule has 0 saturated carbocycles. The number of amides is 2. The highest BCUT2D eigenvalue weighted by Crippen LogP contribution is 2.16. The van der Waals surface area contributed by atoms with Gasteiger partial charge in [-0.2, -0.15) is 0 Å². The second-order valence-corrected chi connectivity index (χ2v) is 9.28. The highest BCUT2D eigenvalue weighted by Gasteiger charge is 2.11. The number of carbonyl (C=O) groups is 2. The summed E-state index contributed by atoms with van der Waals surface area (Å²) in [5, 5.41) is 17.4. The first-order valence-corrected chi connectivity index (χ1v) is 12.4. The fraction of sp³-hybridized carbons (Fsp3) is 0.375. The number of hydrogen-bond acceptors (Lipinski definition) is 7. The number of tetrazole rings is 1. The van der Waals surface area contributed by atoms with Crippen LogP contribution in [0, 0.1) is 0 Å². The van der Waals surface area contributed by atoms with Crippen molar-refractivity contribution in [2.75, 3.05) is 24.2 Å². The van der Waals surface area contributed by atoms with Gasteiger partial charge in [-0.3, -0.25) is 14.5 Å². The number of carbonyl (C=O) groups excluding carboxylic acids is 2.